The van der Waals surface area contributed by atoms with Gasteiger partial charge in [-0.2, -0.15) is 0 Å². The van der Waals surface area contributed by atoms with E-state index in [9.17, 15) is 9.90 Å². The molecule has 2 aliphatic rings. The van der Waals surface area contributed by atoms with Crippen molar-refractivity contribution >= 4 is 16.9 Å². The lowest BCUT2D eigenvalue weighted by molar-refractivity contribution is -0.0421. The molecule has 2 aromatic heterocycles. The smallest absolute Gasteiger partial charge is 0.251 e. The first-order valence-electron chi connectivity index (χ1n) is 18.0. The molecule has 1 saturated carbocycles. The molecular weight excluding hydrogens is 622 g/mol. The van der Waals surface area contributed by atoms with Gasteiger partial charge in [0.25, 0.3) is 5.91 Å². The first-order chi connectivity index (χ1) is 24.1. The minimum Gasteiger partial charge on any atom is -0.471 e. The van der Waals surface area contributed by atoms with Gasteiger partial charge in [-0.15, -0.1) is 0 Å². The number of carbonyl (C=O) groups is 1. The summed E-state index contributed by atoms with van der Waals surface area (Å²) in [6.07, 6.45) is 8.35. The minimum absolute atomic E-state index is 0.0107. The zero-order valence-corrected chi connectivity index (χ0v) is 29.6. The summed E-state index contributed by atoms with van der Waals surface area (Å²) in [7, 11) is 0. The maximum atomic E-state index is 13.9. The molecule has 0 radical (unpaired) electrons. The molecule has 3 N–H and O–H groups in total. The van der Waals surface area contributed by atoms with Crippen LogP contribution in [0.4, 0.5) is 0 Å². The van der Waals surface area contributed by atoms with Crippen LogP contribution in [0.1, 0.15) is 98.1 Å². The molecule has 8 nitrogen and oxygen atoms in total. The van der Waals surface area contributed by atoms with Gasteiger partial charge in [0.2, 0.25) is 5.88 Å². The number of nitrogens with zero attached hydrogens (tertiary/aromatic N) is 3. The molecule has 3 heterocycles. The van der Waals surface area contributed by atoms with Gasteiger partial charge < -0.3 is 25.0 Å². The van der Waals surface area contributed by atoms with Gasteiger partial charge in [-0.1, -0.05) is 81.4 Å². The Labute approximate surface area is 295 Å². The van der Waals surface area contributed by atoms with Crippen LogP contribution in [-0.4, -0.2) is 49.8 Å². The first kappa shape index (κ1) is 33.9. The van der Waals surface area contributed by atoms with Crippen LogP contribution in [0, 0.1) is 5.41 Å². The van der Waals surface area contributed by atoms with Crippen molar-refractivity contribution < 1.29 is 14.6 Å². The summed E-state index contributed by atoms with van der Waals surface area (Å²) in [5.74, 6) is 0.471. The van der Waals surface area contributed by atoms with E-state index in [1.807, 2.05) is 79.3 Å². The number of imidazole rings is 1. The van der Waals surface area contributed by atoms with Crippen molar-refractivity contribution in [2.75, 3.05) is 6.54 Å². The van der Waals surface area contributed by atoms with E-state index in [0.29, 0.717) is 24.4 Å². The molecule has 50 heavy (non-hydrogen) atoms. The van der Waals surface area contributed by atoms with E-state index in [0.717, 1.165) is 59.8 Å². The van der Waals surface area contributed by atoms with E-state index in [4.69, 9.17) is 9.72 Å². The SMILES string of the molecule is C[C@H](c1ccccc1)n1cnc2ccc(C(=O)N[C@@H](Cc3ccccc3)[C@@H](O)CN[C@H]3CC4(CCC4)Oc4ncc(CC(C)(C)C)cc43)cc21. The first-order valence-corrected chi connectivity index (χ1v) is 18.0. The van der Waals surface area contributed by atoms with Crippen molar-refractivity contribution in [1.29, 1.82) is 0 Å². The molecule has 5 aromatic rings. The Morgan fingerprint density at radius 3 is 2.44 bits per heavy atom. The number of aromatic nitrogens is 3. The van der Waals surface area contributed by atoms with Crippen LogP contribution >= 0.6 is 0 Å². The van der Waals surface area contributed by atoms with Crippen molar-refractivity contribution in [2.24, 2.45) is 5.41 Å². The highest BCUT2D eigenvalue weighted by Gasteiger charge is 2.46. The zero-order chi connectivity index (χ0) is 34.9. The standard InChI is InChI=1S/C42H49N5O3/c1-28(31-14-9-6-10-15-31)47-27-45-34-17-16-32(22-37(34)47)39(49)46-35(21-29-12-7-5-8-13-29)38(48)26-43-36-24-42(18-11-19-42)50-40-33(36)20-30(25-44-40)23-41(2,3)4/h5-10,12-17,20,22,25,27-28,35-36,38,43,48H,11,18-19,21,23-24,26H2,1-4H3,(H,46,49)/t28-,35+,36+,38+/m1/s1. The molecule has 260 valence electrons. The second-order valence-corrected chi connectivity index (χ2v) is 15.6. The van der Waals surface area contributed by atoms with Crippen LogP contribution in [0.3, 0.4) is 0 Å². The number of hydrogen-bond acceptors (Lipinski definition) is 6. The second kappa shape index (κ2) is 14.0. The van der Waals surface area contributed by atoms with Crippen LogP contribution in [0.5, 0.6) is 5.88 Å². The number of hydrogen-bond donors (Lipinski definition) is 3. The molecule has 4 atom stereocenters. The Balaban J connectivity index is 1.11. The Kier molecular flexibility index (Phi) is 9.51. The average Bonchev–Trinajstić information content (AvgIpc) is 3.52. The largest absolute Gasteiger partial charge is 0.471 e. The highest BCUT2D eigenvalue weighted by Crippen LogP contribution is 2.48. The highest BCUT2D eigenvalue weighted by atomic mass is 16.5. The molecule has 7 rings (SSSR count). The van der Waals surface area contributed by atoms with Crippen LogP contribution in [0.2, 0.25) is 0 Å². The van der Waals surface area contributed by atoms with Gasteiger partial charge in [0.05, 0.1) is 35.5 Å². The Morgan fingerprint density at radius 2 is 1.74 bits per heavy atom. The lowest BCUT2D eigenvalue weighted by Gasteiger charge is -2.47. The maximum absolute atomic E-state index is 13.9. The number of pyridine rings is 1. The molecular formula is C42H49N5O3. The quantitative estimate of drug-likeness (QED) is 0.136. The summed E-state index contributed by atoms with van der Waals surface area (Å²) in [4.78, 5) is 23.3. The van der Waals surface area contributed by atoms with Crippen molar-refractivity contribution in [1.82, 2.24) is 25.2 Å². The van der Waals surface area contributed by atoms with E-state index in [1.165, 1.54) is 5.56 Å². The molecule has 0 unspecified atom stereocenters. The van der Waals surface area contributed by atoms with Crippen molar-refractivity contribution in [3.63, 3.8) is 0 Å². The predicted molar refractivity (Wildman–Crippen MR) is 197 cm³/mol. The van der Waals surface area contributed by atoms with E-state index in [2.05, 4.69) is 66.1 Å². The average molecular weight is 672 g/mol. The van der Waals surface area contributed by atoms with Crippen LogP contribution in [0.15, 0.2) is 97.5 Å². The summed E-state index contributed by atoms with van der Waals surface area (Å²) < 4.78 is 8.60. The molecule has 0 saturated heterocycles. The highest BCUT2D eigenvalue weighted by molar-refractivity contribution is 5.97. The van der Waals surface area contributed by atoms with Crippen LogP contribution in [0.25, 0.3) is 11.0 Å². The summed E-state index contributed by atoms with van der Waals surface area (Å²) >= 11 is 0. The maximum Gasteiger partial charge on any atom is 0.251 e. The number of aliphatic hydroxyl groups is 1. The fourth-order valence-electron chi connectivity index (χ4n) is 7.52. The molecule has 1 aliphatic heterocycles. The number of ether oxygens (including phenoxy) is 1. The Bertz CT molecular complexity index is 1930. The van der Waals surface area contributed by atoms with Gasteiger partial charge in [0, 0.05) is 36.3 Å². The molecule has 0 bridgehead atoms. The van der Waals surface area contributed by atoms with Crippen molar-refractivity contribution in [2.45, 2.75) is 96.1 Å². The van der Waals surface area contributed by atoms with Gasteiger partial charge >= 0.3 is 0 Å². The van der Waals surface area contributed by atoms with Crippen molar-refractivity contribution in [3.05, 3.63) is 125 Å². The van der Waals surface area contributed by atoms with Gasteiger partial charge in [-0.25, -0.2) is 9.97 Å². The van der Waals surface area contributed by atoms with E-state index in [1.54, 1.807) is 0 Å². The van der Waals surface area contributed by atoms with E-state index < -0.39 is 12.1 Å². The number of rotatable bonds is 11. The summed E-state index contributed by atoms with van der Waals surface area (Å²) in [6, 6.07) is 27.6. The molecule has 3 aromatic carbocycles. The lowest BCUT2D eigenvalue weighted by Crippen LogP contribution is -2.52. The molecule has 1 fully saturated rings. The van der Waals surface area contributed by atoms with Crippen LogP contribution < -0.4 is 15.4 Å². The fraction of sp³-hybridized carbons (Fsp3) is 0.405. The second-order valence-electron chi connectivity index (χ2n) is 15.6. The predicted octanol–water partition coefficient (Wildman–Crippen LogP) is 7.37. The minimum atomic E-state index is -0.846. The van der Waals surface area contributed by atoms with Gasteiger partial charge in [0.1, 0.15) is 5.60 Å². The number of amides is 1. The van der Waals surface area contributed by atoms with Gasteiger partial charge in [-0.3, -0.25) is 4.79 Å². The zero-order valence-electron chi connectivity index (χ0n) is 29.6. The van der Waals surface area contributed by atoms with Crippen molar-refractivity contribution in [3.8, 4) is 5.88 Å². The molecule has 1 spiro atoms. The summed E-state index contributed by atoms with van der Waals surface area (Å²) in [5.41, 5.74) is 6.62. The number of fused-ring (bicyclic) bond motifs is 2. The number of carbonyl (C=O) groups excluding carboxylic acids is 1. The topological polar surface area (TPSA) is 101 Å². The molecule has 1 aliphatic carbocycles. The third kappa shape index (κ3) is 7.47. The normalized spacial score (nSPS) is 18.5. The van der Waals surface area contributed by atoms with Crippen LogP contribution in [-0.2, 0) is 12.8 Å². The summed E-state index contributed by atoms with van der Waals surface area (Å²) in [6.45, 7) is 9.14. The number of nitrogens with one attached hydrogen (secondary N) is 2. The Hall–Kier alpha value is -4.53. The van der Waals surface area contributed by atoms with E-state index in [-0.39, 0.29) is 29.0 Å². The van der Waals surface area contributed by atoms with Gasteiger partial charge in [0.15, 0.2) is 0 Å². The van der Waals surface area contributed by atoms with E-state index >= 15 is 0 Å². The van der Waals surface area contributed by atoms with Gasteiger partial charge in [-0.05, 0) is 85.4 Å². The fourth-order valence-corrected chi connectivity index (χ4v) is 7.52. The molecule has 1 amide bonds. The third-order valence-electron chi connectivity index (χ3n) is 10.4. The number of aliphatic hydroxyl groups excluding tert-OH is 1. The summed E-state index contributed by atoms with van der Waals surface area (Å²) in [5, 5.41) is 18.7. The molecule has 8 heteroatoms. The monoisotopic (exact) mass is 671 g/mol. The third-order valence-corrected chi connectivity index (χ3v) is 10.4. The number of benzene rings is 3. The Morgan fingerprint density at radius 1 is 1.00 bits per heavy atom. The lowest BCUT2D eigenvalue weighted by atomic mass is 9.73.